The molecule has 1 fully saturated rings. The van der Waals surface area contributed by atoms with Crippen molar-refractivity contribution >= 4 is 15.7 Å². The molecule has 3 atom stereocenters. The van der Waals surface area contributed by atoms with Crippen LogP contribution in [-0.4, -0.2) is 25.3 Å². The summed E-state index contributed by atoms with van der Waals surface area (Å²) in [7, 11) is -3.84. The fourth-order valence-corrected chi connectivity index (χ4v) is 5.86. The zero-order valence-corrected chi connectivity index (χ0v) is 15.8. The number of hydrogen-bond donors (Lipinski definition) is 1. The molecule has 2 aromatic rings. The van der Waals surface area contributed by atoms with Crippen molar-refractivity contribution in [3.63, 3.8) is 0 Å². The Labute approximate surface area is 153 Å². The predicted molar refractivity (Wildman–Crippen MR) is 97.9 cm³/mol. The van der Waals surface area contributed by atoms with E-state index in [-0.39, 0.29) is 4.90 Å². The van der Waals surface area contributed by atoms with Crippen molar-refractivity contribution in [3.8, 4) is 5.75 Å². The van der Waals surface area contributed by atoms with Gasteiger partial charge in [-0.1, -0.05) is 24.3 Å². The zero-order valence-electron chi connectivity index (χ0n) is 14.9. The number of hydrogen-bond acceptors (Lipinski definition) is 4. The third-order valence-corrected chi connectivity index (χ3v) is 7.54. The van der Waals surface area contributed by atoms with Crippen LogP contribution < -0.4 is 10.1 Å². The molecule has 0 aliphatic carbocycles. The topological polar surface area (TPSA) is 72.5 Å². The van der Waals surface area contributed by atoms with Gasteiger partial charge in [-0.15, -0.1) is 0 Å². The Bertz CT molecular complexity index is 1010. The molecule has 2 aromatic carbocycles. The van der Waals surface area contributed by atoms with E-state index in [0.717, 1.165) is 16.7 Å². The van der Waals surface area contributed by atoms with E-state index in [1.807, 2.05) is 38.1 Å². The first kappa shape index (κ1) is 17.1. The maximum atomic E-state index is 13.4. The van der Waals surface area contributed by atoms with Crippen molar-refractivity contribution in [3.05, 3.63) is 59.2 Å². The summed E-state index contributed by atoms with van der Waals surface area (Å²) in [5.41, 5.74) is 1.79. The number of ether oxygens (including phenoxy) is 1. The van der Waals surface area contributed by atoms with E-state index >= 15 is 0 Å². The number of amides is 1. The maximum Gasteiger partial charge on any atom is 0.242 e. The summed E-state index contributed by atoms with van der Waals surface area (Å²) in [6.45, 7) is 5.59. The van der Waals surface area contributed by atoms with Crippen LogP contribution in [0.4, 0.5) is 0 Å². The van der Waals surface area contributed by atoms with E-state index in [2.05, 4.69) is 5.32 Å². The summed E-state index contributed by atoms with van der Waals surface area (Å²) < 4.78 is 32.7. The Morgan fingerprint density at radius 2 is 1.85 bits per heavy atom. The Kier molecular flexibility index (Phi) is 3.67. The van der Waals surface area contributed by atoms with Crippen LogP contribution in [0.5, 0.6) is 5.75 Å². The van der Waals surface area contributed by atoms with Crippen molar-refractivity contribution < 1.29 is 17.9 Å². The highest BCUT2D eigenvalue weighted by Gasteiger charge is 2.54. The molecular weight excluding hydrogens is 350 g/mol. The van der Waals surface area contributed by atoms with Crippen LogP contribution in [0.25, 0.3) is 0 Å². The van der Waals surface area contributed by atoms with E-state index < -0.39 is 32.6 Å². The minimum absolute atomic E-state index is 0.188. The molecule has 26 heavy (non-hydrogen) atoms. The number of piperidine rings is 1. The predicted octanol–water partition coefficient (Wildman–Crippen LogP) is 2.86. The van der Waals surface area contributed by atoms with Gasteiger partial charge in [0.25, 0.3) is 0 Å². The Balaban J connectivity index is 1.86. The molecule has 0 unspecified atom stereocenters. The van der Waals surface area contributed by atoms with Gasteiger partial charge in [0.05, 0.1) is 4.90 Å². The van der Waals surface area contributed by atoms with Crippen LogP contribution in [0, 0.1) is 13.8 Å². The van der Waals surface area contributed by atoms with Gasteiger partial charge in [0.15, 0.2) is 20.8 Å². The first-order valence-electron chi connectivity index (χ1n) is 8.62. The van der Waals surface area contributed by atoms with Gasteiger partial charge in [-0.05, 0) is 55.7 Å². The van der Waals surface area contributed by atoms with Crippen molar-refractivity contribution in [2.45, 2.75) is 49.0 Å². The van der Waals surface area contributed by atoms with Gasteiger partial charge in [-0.25, -0.2) is 8.42 Å². The molecule has 4 rings (SSSR count). The van der Waals surface area contributed by atoms with E-state index in [1.165, 1.54) is 0 Å². The van der Waals surface area contributed by atoms with E-state index in [9.17, 15) is 13.2 Å². The van der Waals surface area contributed by atoms with Gasteiger partial charge in [0.1, 0.15) is 5.75 Å². The van der Waals surface area contributed by atoms with Gasteiger partial charge in [0.2, 0.25) is 5.91 Å². The highest BCUT2D eigenvalue weighted by atomic mass is 32.2. The summed E-state index contributed by atoms with van der Waals surface area (Å²) >= 11 is 0. The molecule has 1 saturated heterocycles. The van der Waals surface area contributed by atoms with Gasteiger partial charge < -0.3 is 10.1 Å². The average Bonchev–Trinajstić information content (AvgIpc) is 2.56. The lowest BCUT2D eigenvalue weighted by atomic mass is 9.81. The summed E-state index contributed by atoms with van der Waals surface area (Å²) in [6.07, 6.45) is 0.421. The third kappa shape index (κ3) is 2.51. The number of carbonyl (C=O) groups excluding carboxylic acids is 1. The second-order valence-electron chi connectivity index (χ2n) is 7.38. The quantitative estimate of drug-likeness (QED) is 0.881. The van der Waals surface area contributed by atoms with Crippen LogP contribution in [0.15, 0.2) is 47.4 Å². The van der Waals surface area contributed by atoms with Crippen LogP contribution in [0.1, 0.15) is 36.0 Å². The summed E-state index contributed by atoms with van der Waals surface area (Å²) in [5, 5.41) is 1.61. The molecule has 5 nitrogen and oxygen atoms in total. The van der Waals surface area contributed by atoms with Crippen LogP contribution in [-0.2, 0) is 14.6 Å². The second-order valence-corrected chi connectivity index (χ2v) is 9.45. The van der Waals surface area contributed by atoms with Gasteiger partial charge >= 0.3 is 0 Å². The SMILES string of the molecule is Cc1ccc(S(=O)(=O)[C@H]2C(=O)N[C@]3(C)C[C@H]2c2ccccc2O3)cc1C. The Hall–Kier alpha value is -2.34. The molecule has 0 saturated carbocycles. The number of para-hydroxylation sites is 1. The lowest BCUT2D eigenvalue weighted by Gasteiger charge is -2.46. The molecule has 6 heteroatoms. The average molecular weight is 371 g/mol. The smallest absolute Gasteiger partial charge is 0.242 e. The first-order chi connectivity index (χ1) is 12.2. The number of sulfone groups is 1. The fourth-order valence-electron chi connectivity index (χ4n) is 3.95. The highest BCUT2D eigenvalue weighted by Crippen LogP contribution is 2.47. The molecule has 0 radical (unpaired) electrons. The van der Waals surface area contributed by atoms with Crippen LogP contribution >= 0.6 is 0 Å². The molecule has 1 N–H and O–H groups in total. The molecule has 0 aromatic heterocycles. The van der Waals surface area contributed by atoms with Crippen molar-refractivity contribution in [1.29, 1.82) is 0 Å². The normalized spacial score (nSPS) is 27.3. The Morgan fingerprint density at radius 1 is 1.12 bits per heavy atom. The number of nitrogens with one attached hydrogen (secondary N) is 1. The molecule has 2 aliphatic rings. The number of carbonyl (C=O) groups is 1. The van der Waals surface area contributed by atoms with Crippen LogP contribution in [0.2, 0.25) is 0 Å². The molecule has 2 heterocycles. The highest BCUT2D eigenvalue weighted by molar-refractivity contribution is 7.92. The van der Waals surface area contributed by atoms with Gasteiger partial charge in [0, 0.05) is 12.3 Å². The van der Waals surface area contributed by atoms with E-state index in [1.54, 1.807) is 25.1 Å². The standard InChI is InChI=1S/C20H21NO4S/c1-12-8-9-14(10-13(12)2)26(23,24)18-16-11-20(3,21-19(18)22)25-17-7-5-4-6-15(16)17/h4-10,16,18H,11H2,1-3H3,(H,21,22)/t16-,18+,20-/m0/s1. The molecule has 2 aliphatic heterocycles. The maximum absolute atomic E-state index is 13.4. The number of aryl methyl sites for hydroxylation is 2. The third-order valence-electron chi connectivity index (χ3n) is 5.42. The second kappa shape index (κ2) is 5.58. The van der Waals surface area contributed by atoms with Gasteiger partial charge in [-0.3, -0.25) is 4.79 Å². The minimum Gasteiger partial charge on any atom is -0.468 e. The molecule has 0 spiro atoms. The number of rotatable bonds is 2. The van der Waals surface area contributed by atoms with E-state index in [0.29, 0.717) is 12.2 Å². The minimum atomic E-state index is -3.84. The van der Waals surface area contributed by atoms with Gasteiger partial charge in [-0.2, -0.15) is 0 Å². The first-order valence-corrected chi connectivity index (χ1v) is 10.2. The number of fused-ring (bicyclic) bond motifs is 4. The summed E-state index contributed by atoms with van der Waals surface area (Å²) in [5.74, 6) is -0.312. The summed E-state index contributed by atoms with van der Waals surface area (Å²) in [6, 6.07) is 12.4. The van der Waals surface area contributed by atoms with E-state index in [4.69, 9.17) is 4.74 Å². The molecular formula is C20H21NO4S. The fraction of sp³-hybridized carbons (Fsp3) is 0.350. The molecule has 136 valence electrons. The van der Waals surface area contributed by atoms with Crippen molar-refractivity contribution in [2.24, 2.45) is 0 Å². The Morgan fingerprint density at radius 3 is 2.58 bits per heavy atom. The molecule has 2 bridgehead atoms. The zero-order chi connectivity index (χ0) is 18.7. The molecule has 1 amide bonds. The number of benzene rings is 2. The summed E-state index contributed by atoms with van der Waals surface area (Å²) in [4.78, 5) is 13.0. The largest absolute Gasteiger partial charge is 0.468 e. The lowest BCUT2D eigenvalue weighted by Crippen LogP contribution is -2.63. The monoisotopic (exact) mass is 371 g/mol. The van der Waals surface area contributed by atoms with Crippen molar-refractivity contribution in [2.75, 3.05) is 0 Å². The van der Waals surface area contributed by atoms with Crippen molar-refractivity contribution in [1.82, 2.24) is 5.32 Å². The van der Waals surface area contributed by atoms with Crippen LogP contribution in [0.3, 0.4) is 0 Å². The lowest BCUT2D eigenvalue weighted by molar-refractivity contribution is -0.132.